The molecule has 2 rings (SSSR count). The van der Waals surface area contributed by atoms with E-state index in [1.807, 2.05) is 13.8 Å². The van der Waals surface area contributed by atoms with Gasteiger partial charge in [0.25, 0.3) is 0 Å². The fourth-order valence-corrected chi connectivity index (χ4v) is 1.79. The molecule has 0 aliphatic rings. The summed E-state index contributed by atoms with van der Waals surface area (Å²) in [6.07, 6.45) is 0. The van der Waals surface area contributed by atoms with Crippen molar-refractivity contribution in [3.05, 3.63) is 47.0 Å². The first-order valence-electron chi connectivity index (χ1n) is 4.45. The molecule has 0 atom stereocenters. The molecule has 0 aliphatic heterocycles. The maximum Gasteiger partial charge on any atom is 0.134 e. The number of halogens is 2. The van der Waals surface area contributed by atoms with Gasteiger partial charge in [-0.15, -0.1) is 0 Å². The van der Waals surface area contributed by atoms with Crippen molar-refractivity contribution in [2.75, 3.05) is 0 Å². The zero-order valence-electron chi connectivity index (χ0n) is 8.07. The van der Waals surface area contributed by atoms with E-state index in [4.69, 9.17) is 0 Å². The highest BCUT2D eigenvalue weighted by molar-refractivity contribution is 5.89. The zero-order valence-corrected chi connectivity index (χ0v) is 8.07. The van der Waals surface area contributed by atoms with E-state index in [2.05, 4.69) is 0 Å². The minimum Gasteiger partial charge on any atom is -0.206 e. The maximum absolute atomic E-state index is 13.4. The first-order chi connectivity index (χ1) is 6.61. The van der Waals surface area contributed by atoms with E-state index in [1.54, 1.807) is 12.1 Å². The zero-order chi connectivity index (χ0) is 10.3. The molecule has 0 heterocycles. The molecule has 14 heavy (non-hydrogen) atoms. The Morgan fingerprint density at radius 3 is 1.50 bits per heavy atom. The third kappa shape index (κ3) is 1.18. The van der Waals surface area contributed by atoms with E-state index >= 15 is 0 Å². The van der Waals surface area contributed by atoms with Gasteiger partial charge in [-0.2, -0.15) is 0 Å². The van der Waals surface area contributed by atoms with Crippen LogP contribution in [0.1, 0.15) is 11.1 Å². The van der Waals surface area contributed by atoms with Gasteiger partial charge in [0.05, 0.1) is 5.39 Å². The lowest BCUT2D eigenvalue weighted by atomic mass is 10.00. The standard InChI is InChI=1S/C12H10F2/c1-7-3-5-9(13)12-10(14)6-4-8(2)11(7)12/h3-6H,1-2H3. The number of hydrogen-bond acceptors (Lipinski definition) is 0. The molecule has 0 N–H and O–H groups in total. The molecule has 0 saturated carbocycles. The highest BCUT2D eigenvalue weighted by Crippen LogP contribution is 2.27. The Morgan fingerprint density at radius 1 is 0.714 bits per heavy atom. The van der Waals surface area contributed by atoms with Gasteiger partial charge in [-0.25, -0.2) is 8.78 Å². The summed E-state index contributed by atoms with van der Waals surface area (Å²) in [6.45, 7) is 3.71. The van der Waals surface area contributed by atoms with Gasteiger partial charge >= 0.3 is 0 Å². The first kappa shape index (κ1) is 9.13. The van der Waals surface area contributed by atoms with Gasteiger partial charge in [-0.3, -0.25) is 0 Å². The minimum atomic E-state index is -0.494. The van der Waals surface area contributed by atoms with Gasteiger partial charge in [0.2, 0.25) is 0 Å². The maximum atomic E-state index is 13.4. The second-order valence-corrected chi connectivity index (χ2v) is 3.48. The monoisotopic (exact) mass is 192 g/mol. The number of rotatable bonds is 0. The smallest absolute Gasteiger partial charge is 0.134 e. The van der Waals surface area contributed by atoms with Crippen LogP contribution in [0.4, 0.5) is 8.78 Å². The van der Waals surface area contributed by atoms with Crippen LogP contribution in [0.3, 0.4) is 0 Å². The van der Waals surface area contributed by atoms with Crippen LogP contribution in [0, 0.1) is 25.5 Å². The average molecular weight is 192 g/mol. The lowest BCUT2D eigenvalue weighted by molar-refractivity contribution is 0.607. The molecular formula is C12H10F2. The van der Waals surface area contributed by atoms with Crippen LogP contribution in [0.5, 0.6) is 0 Å². The van der Waals surface area contributed by atoms with Gasteiger partial charge in [-0.1, -0.05) is 12.1 Å². The van der Waals surface area contributed by atoms with Crippen LogP contribution in [-0.4, -0.2) is 0 Å². The Balaban J connectivity index is 3.05. The second kappa shape index (κ2) is 3.05. The first-order valence-corrected chi connectivity index (χ1v) is 4.45. The number of benzene rings is 2. The van der Waals surface area contributed by atoms with Gasteiger partial charge in [0.15, 0.2) is 0 Å². The summed E-state index contributed by atoms with van der Waals surface area (Å²) in [7, 11) is 0. The van der Waals surface area contributed by atoms with Crippen LogP contribution in [0.2, 0.25) is 0 Å². The summed E-state index contributed by atoms with van der Waals surface area (Å²) in [5, 5.41) is 0.787. The summed E-state index contributed by atoms with van der Waals surface area (Å²) in [5.74, 6) is -0.987. The predicted octanol–water partition coefficient (Wildman–Crippen LogP) is 3.73. The van der Waals surface area contributed by atoms with Crippen LogP contribution < -0.4 is 0 Å². The van der Waals surface area contributed by atoms with Crippen molar-refractivity contribution in [3.63, 3.8) is 0 Å². The summed E-state index contributed by atoms with van der Waals surface area (Å²) in [4.78, 5) is 0. The highest BCUT2D eigenvalue weighted by Gasteiger charge is 2.09. The molecule has 0 unspecified atom stereocenters. The Hall–Kier alpha value is -1.44. The van der Waals surface area contributed by atoms with Crippen molar-refractivity contribution in [2.24, 2.45) is 0 Å². The van der Waals surface area contributed by atoms with E-state index in [9.17, 15) is 8.78 Å². The molecule has 72 valence electrons. The predicted molar refractivity (Wildman–Crippen MR) is 53.3 cm³/mol. The molecular weight excluding hydrogens is 182 g/mol. The number of fused-ring (bicyclic) bond motifs is 1. The fourth-order valence-electron chi connectivity index (χ4n) is 1.79. The fraction of sp³-hybridized carbons (Fsp3) is 0.167. The van der Waals surface area contributed by atoms with E-state index in [1.165, 1.54) is 12.1 Å². The van der Waals surface area contributed by atoms with Crippen LogP contribution >= 0.6 is 0 Å². The van der Waals surface area contributed by atoms with Crippen molar-refractivity contribution in [1.29, 1.82) is 0 Å². The second-order valence-electron chi connectivity index (χ2n) is 3.48. The molecule has 0 nitrogen and oxygen atoms in total. The SMILES string of the molecule is Cc1ccc(F)c2c(F)ccc(C)c12. The Morgan fingerprint density at radius 2 is 1.14 bits per heavy atom. The van der Waals surface area contributed by atoms with E-state index in [0.717, 1.165) is 11.1 Å². The Bertz CT molecular complexity index is 412. The summed E-state index contributed by atoms with van der Waals surface area (Å²) < 4.78 is 26.7. The van der Waals surface area contributed by atoms with Crippen molar-refractivity contribution >= 4 is 10.8 Å². The lowest BCUT2D eigenvalue weighted by Crippen LogP contribution is -1.90. The van der Waals surface area contributed by atoms with Crippen molar-refractivity contribution in [1.82, 2.24) is 0 Å². The molecule has 0 bridgehead atoms. The van der Waals surface area contributed by atoms with Crippen molar-refractivity contribution in [3.8, 4) is 0 Å². The highest BCUT2D eigenvalue weighted by atomic mass is 19.1. The Kier molecular flexibility index (Phi) is 1.99. The van der Waals surface area contributed by atoms with Crippen LogP contribution in [0.15, 0.2) is 24.3 Å². The van der Waals surface area contributed by atoms with E-state index < -0.39 is 11.6 Å². The minimum absolute atomic E-state index is 0.102. The normalized spacial score (nSPS) is 10.9. The quantitative estimate of drug-likeness (QED) is 0.596. The molecule has 0 aliphatic carbocycles. The molecule has 0 fully saturated rings. The average Bonchev–Trinajstić information content (AvgIpc) is 2.16. The van der Waals surface area contributed by atoms with Crippen molar-refractivity contribution in [2.45, 2.75) is 13.8 Å². The Labute approximate surface area is 81.2 Å². The van der Waals surface area contributed by atoms with Gasteiger partial charge in [0, 0.05) is 0 Å². The molecule has 0 spiro atoms. The topological polar surface area (TPSA) is 0 Å². The van der Waals surface area contributed by atoms with E-state index in [0.29, 0.717) is 5.39 Å². The van der Waals surface area contributed by atoms with Gasteiger partial charge in [-0.05, 0) is 42.5 Å². The summed E-state index contributed by atoms with van der Waals surface area (Å²) in [6, 6.07) is 5.95. The molecule has 2 aromatic carbocycles. The lowest BCUT2D eigenvalue weighted by Gasteiger charge is -2.07. The molecule has 2 heteroatoms. The molecule has 0 radical (unpaired) electrons. The largest absolute Gasteiger partial charge is 0.206 e. The van der Waals surface area contributed by atoms with Gasteiger partial charge in [0.1, 0.15) is 11.6 Å². The van der Waals surface area contributed by atoms with Crippen molar-refractivity contribution < 1.29 is 8.78 Å². The molecule has 0 saturated heterocycles. The molecule has 0 aromatic heterocycles. The van der Waals surface area contributed by atoms with Crippen LogP contribution in [0.25, 0.3) is 10.8 Å². The number of hydrogen-bond donors (Lipinski definition) is 0. The molecule has 0 amide bonds. The van der Waals surface area contributed by atoms with Gasteiger partial charge < -0.3 is 0 Å². The third-order valence-corrected chi connectivity index (χ3v) is 2.48. The van der Waals surface area contributed by atoms with Crippen LogP contribution in [-0.2, 0) is 0 Å². The summed E-state index contributed by atoms with van der Waals surface area (Å²) >= 11 is 0. The summed E-state index contributed by atoms with van der Waals surface area (Å²) in [5.41, 5.74) is 1.80. The third-order valence-electron chi connectivity index (χ3n) is 2.48. The number of aryl methyl sites for hydroxylation is 2. The van der Waals surface area contributed by atoms with E-state index in [-0.39, 0.29) is 5.39 Å². The molecule has 2 aromatic rings.